The van der Waals surface area contributed by atoms with E-state index in [0.29, 0.717) is 0 Å². The molecule has 4 fully saturated rings. The minimum Gasteiger partial charge on any atom is -0.241 e. The van der Waals surface area contributed by atoms with Crippen LogP contribution in [0.3, 0.4) is 0 Å². The topological polar surface area (TPSA) is 0 Å². The van der Waals surface area contributed by atoms with Crippen molar-refractivity contribution in [3.63, 3.8) is 0 Å². The van der Waals surface area contributed by atoms with Crippen LogP contribution in [0.2, 0.25) is 0 Å². The van der Waals surface area contributed by atoms with Crippen molar-refractivity contribution in [1.82, 2.24) is 0 Å². The van der Waals surface area contributed by atoms with Crippen molar-refractivity contribution in [3.8, 4) is 0 Å². The minimum absolute atomic E-state index is 0.379. The molecule has 0 aliphatic heterocycles. The summed E-state index contributed by atoms with van der Waals surface area (Å²) in [4.78, 5) is 0. The highest BCUT2D eigenvalue weighted by atomic mass is 32.3. The van der Waals surface area contributed by atoms with Gasteiger partial charge in [0.1, 0.15) is 0 Å². The lowest BCUT2D eigenvalue weighted by Gasteiger charge is -2.50. The van der Waals surface area contributed by atoms with Gasteiger partial charge in [-0.1, -0.05) is 38.5 Å². The first-order chi connectivity index (χ1) is 10.2. The predicted octanol–water partition coefficient (Wildman–Crippen LogP) is 5.99. The Labute approximate surface area is 134 Å². The fourth-order valence-corrected chi connectivity index (χ4v) is 11.5. The molecule has 0 aromatic carbocycles. The Morgan fingerprint density at radius 1 is 0.524 bits per heavy atom. The summed E-state index contributed by atoms with van der Waals surface area (Å²) in [6, 6.07) is 0. The first kappa shape index (κ1) is 14.9. The zero-order valence-electron chi connectivity index (χ0n) is 14.4. The van der Waals surface area contributed by atoms with Crippen LogP contribution in [0.15, 0.2) is 0 Å². The van der Waals surface area contributed by atoms with E-state index in [9.17, 15) is 0 Å². The molecule has 0 heterocycles. The van der Waals surface area contributed by atoms with E-state index < -0.39 is 0 Å². The van der Waals surface area contributed by atoms with Crippen molar-refractivity contribution in [2.75, 3.05) is 12.5 Å². The molecule has 0 nitrogen and oxygen atoms in total. The molecule has 0 saturated heterocycles. The molecule has 6 atom stereocenters. The molecule has 4 rings (SSSR count). The van der Waals surface area contributed by atoms with Gasteiger partial charge in [-0.15, -0.1) is 0 Å². The molecule has 0 N–H and O–H groups in total. The van der Waals surface area contributed by atoms with Crippen molar-refractivity contribution < 1.29 is 0 Å². The molecule has 122 valence electrons. The summed E-state index contributed by atoms with van der Waals surface area (Å²) >= 11 is 0. The van der Waals surface area contributed by atoms with Crippen LogP contribution in [-0.4, -0.2) is 23.0 Å². The molecule has 4 aliphatic carbocycles. The van der Waals surface area contributed by atoms with E-state index in [1.54, 1.807) is 64.2 Å². The van der Waals surface area contributed by atoms with Crippen LogP contribution in [0.5, 0.6) is 0 Å². The quantitative estimate of drug-likeness (QED) is 0.588. The Bertz CT molecular complexity index is 340. The van der Waals surface area contributed by atoms with E-state index in [-0.39, 0.29) is 10.0 Å². The van der Waals surface area contributed by atoms with Crippen LogP contribution < -0.4 is 0 Å². The van der Waals surface area contributed by atoms with Gasteiger partial charge in [-0.3, -0.25) is 0 Å². The van der Waals surface area contributed by atoms with Crippen LogP contribution in [0.1, 0.15) is 77.0 Å². The molecule has 0 aromatic heterocycles. The highest BCUT2D eigenvalue weighted by molar-refractivity contribution is 8.33. The van der Waals surface area contributed by atoms with Crippen molar-refractivity contribution in [1.29, 1.82) is 0 Å². The fourth-order valence-electron chi connectivity index (χ4n) is 7.09. The third-order valence-electron chi connectivity index (χ3n) is 8.10. The zero-order chi connectivity index (χ0) is 14.4. The second kappa shape index (κ2) is 5.77. The van der Waals surface area contributed by atoms with Gasteiger partial charge in [0.2, 0.25) is 0 Å². The summed E-state index contributed by atoms with van der Waals surface area (Å²) in [5.41, 5.74) is 0. The Hall–Kier alpha value is 0.350. The number of fused-ring (bicyclic) bond motifs is 2. The summed E-state index contributed by atoms with van der Waals surface area (Å²) in [5.74, 6) is 4.57. The first-order valence-electron chi connectivity index (χ1n) is 9.89. The van der Waals surface area contributed by atoms with Crippen LogP contribution in [0.4, 0.5) is 0 Å². The lowest BCUT2D eigenvalue weighted by atomic mass is 9.81. The van der Waals surface area contributed by atoms with Gasteiger partial charge in [0.15, 0.2) is 0 Å². The van der Waals surface area contributed by atoms with E-state index >= 15 is 0 Å². The molecule has 1 heteroatoms. The lowest BCUT2D eigenvalue weighted by molar-refractivity contribution is 0.273. The number of hydrogen-bond acceptors (Lipinski definition) is 0. The molecule has 21 heavy (non-hydrogen) atoms. The van der Waals surface area contributed by atoms with E-state index in [4.69, 9.17) is 0 Å². The normalized spacial score (nSPS) is 47.9. The third-order valence-corrected chi connectivity index (χ3v) is 12.4. The van der Waals surface area contributed by atoms with Gasteiger partial charge in [-0.05, 0) is 85.2 Å². The van der Waals surface area contributed by atoms with Crippen LogP contribution >= 0.6 is 10.0 Å². The highest BCUT2D eigenvalue weighted by Gasteiger charge is 2.49. The van der Waals surface area contributed by atoms with Gasteiger partial charge in [-0.2, -0.15) is 0 Å². The molecule has 0 aromatic rings. The van der Waals surface area contributed by atoms with E-state index in [0.717, 1.165) is 34.2 Å². The van der Waals surface area contributed by atoms with Crippen LogP contribution in [0, 0.1) is 23.7 Å². The predicted molar refractivity (Wildman–Crippen MR) is 96.4 cm³/mol. The monoisotopic (exact) mass is 308 g/mol. The van der Waals surface area contributed by atoms with Gasteiger partial charge in [0, 0.05) is 0 Å². The summed E-state index contributed by atoms with van der Waals surface area (Å²) in [7, 11) is -0.379. The number of rotatable bonds is 2. The SMILES string of the molecule is CS(C)(C1CCC2CCCCC21)[C@@H]1CCC2CCCCC21. The van der Waals surface area contributed by atoms with E-state index in [1.807, 2.05) is 0 Å². The number of hydrogen-bond donors (Lipinski definition) is 0. The average Bonchev–Trinajstić information content (AvgIpc) is 3.12. The maximum absolute atomic E-state index is 2.77. The lowest BCUT2D eigenvalue weighted by Crippen LogP contribution is -2.36. The Balaban J connectivity index is 1.52. The summed E-state index contributed by atoms with van der Waals surface area (Å²) in [6.07, 6.45) is 24.4. The van der Waals surface area contributed by atoms with Gasteiger partial charge in [-0.25, -0.2) is 10.0 Å². The van der Waals surface area contributed by atoms with Gasteiger partial charge in [0.05, 0.1) is 0 Å². The molecular weight excluding hydrogens is 272 g/mol. The highest BCUT2D eigenvalue weighted by Crippen LogP contribution is 2.67. The molecule has 0 radical (unpaired) electrons. The maximum atomic E-state index is 2.77. The van der Waals surface area contributed by atoms with Gasteiger partial charge < -0.3 is 0 Å². The Morgan fingerprint density at radius 2 is 0.952 bits per heavy atom. The average molecular weight is 309 g/mol. The zero-order valence-corrected chi connectivity index (χ0v) is 15.2. The van der Waals surface area contributed by atoms with Gasteiger partial charge in [0.25, 0.3) is 0 Å². The molecule has 0 amide bonds. The molecule has 0 spiro atoms. The molecule has 5 unspecified atom stereocenters. The first-order valence-corrected chi connectivity index (χ1v) is 12.5. The molecule has 4 aliphatic rings. The largest absolute Gasteiger partial charge is 0.241 e. The maximum Gasteiger partial charge on any atom is -0.00831 e. The molecule has 0 bridgehead atoms. The van der Waals surface area contributed by atoms with Crippen molar-refractivity contribution >= 4 is 10.0 Å². The fraction of sp³-hybridized carbons (Fsp3) is 1.00. The van der Waals surface area contributed by atoms with Crippen LogP contribution in [-0.2, 0) is 0 Å². The Morgan fingerprint density at radius 3 is 1.43 bits per heavy atom. The summed E-state index contributed by atoms with van der Waals surface area (Å²) in [5, 5.41) is 2.29. The summed E-state index contributed by atoms with van der Waals surface area (Å²) in [6.45, 7) is 0. The second-order valence-electron chi connectivity index (χ2n) is 9.14. The third kappa shape index (κ3) is 2.50. The van der Waals surface area contributed by atoms with Gasteiger partial charge >= 0.3 is 0 Å². The molecular formula is C20H36S. The standard InChI is InChI=1S/C20H36S/c1-21(2,19-13-11-15-7-3-5-9-17(15)19)20-14-12-16-8-4-6-10-18(16)20/h15-20H,3-14H2,1-2H3/t15?,16?,17?,18?,19-,20?/m1/s1. The Kier molecular flexibility index (Phi) is 4.09. The van der Waals surface area contributed by atoms with Crippen LogP contribution in [0.25, 0.3) is 0 Å². The van der Waals surface area contributed by atoms with E-state index in [1.165, 1.54) is 12.8 Å². The van der Waals surface area contributed by atoms with Crippen molar-refractivity contribution in [2.24, 2.45) is 23.7 Å². The van der Waals surface area contributed by atoms with Crippen molar-refractivity contribution in [3.05, 3.63) is 0 Å². The van der Waals surface area contributed by atoms with Crippen molar-refractivity contribution in [2.45, 2.75) is 87.5 Å². The molecule has 4 saturated carbocycles. The van der Waals surface area contributed by atoms with E-state index in [2.05, 4.69) is 12.5 Å². The smallest absolute Gasteiger partial charge is 0.00831 e. The summed E-state index contributed by atoms with van der Waals surface area (Å²) < 4.78 is 0. The minimum atomic E-state index is -0.379. The second-order valence-corrected chi connectivity index (χ2v) is 13.3.